The highest BCUT2D eigenvalue weighted by Crippen LogP contribution is 2.39. The van der Waals surface area contributed by atoms with Gasteiger partial charge >= 0.3 is 0 Å². The summed E-state index contributed by atoms with van der Waals surface area (Å²) in [7, 11) is -8.64. The lowest BCUT2D eigenvalue weighted by molar-refractivity contribution is 0.276. The van der Waals surface area contributed by atoms with E-state index in [0.29, 0.717) is 19.8 Å². The first-order chi connectivity index (χ1) is 36.1. The lowest BCUT2D eigenvalue weighted by atomic mass is 10.1. The molecule has 0 aliphatic rings. The van der Waals surface area contributed by atoms with Crippen molar-refractivity contribution in [3.05, 3.63) is 223 Å². The van der Waals surface area contributed by atoms with E-state index in [-0.39, 0.29) is 15.1 Å². The maximum absolute atomic E-state index is 6.56. The van der Waals surface area contributed by atoms with Gasteiger partial charge in [0.25, 0.3) is 0 Å². The molecular formula is C69H79IO3Si4. The van der Waals surface area contributed by atoms with Crippen molar-refractivity contribution in [2.75, 3.05) is 0 Å². The van der Waals surface area contributed by atoms with Crippen molar-refractivity contribution in [3.8, 4) is 35.5 Å². The highest BCUT2D eigenvalue weighted by molar-refractivity contribution is 14.1. The van der Waals surface area contributed by atoms with Gasteiger partial charge in [-0.2, -0.15) is 0 Å². The van der Waals surface area contributed by atoms with Crippen LogP contribution in [-0.2, 0) is 33.1 Å². The molecule has 0 atom stereocenters. The number of halogens is 1. The fourth-order valence-corrected chi connectivity index (χ4v) is 16.1. The van der Waals surface area contributed by atoms with Gasteiger partial charge in [0.05, 0.1) is 19.8 Å². The highest BCUT2D eigenvalue weighted by atomic mass is 127. The van der Waals surface area contributed by atoms with E-state index in [1.54, 1.807) is 0 Å². The van der Waals surface area contributed by atoms with Crippen LogP contribution in [0.2, 0.25) is 54.4 Å². The molecule has 0 heterocycles. The van der Waals surface area contributed by atoms with Crippen LogP contribution >= 0.6 is 22.6 Å². The Morgan fingerprint density at radius 1 is 0.325 bits per heavy atom. The summed E-state index contributed by atoms with van der Waals surface area (Å²) >= 11 is 2.42. The van der Waals surface area contributed by atoms with Crippen LogP contribution in [0.15, 0.2) is 170 Å². The standard InChI is InChI=1S/C69H79IO3Si4/c1-67(2,3)74(10,11)71-50-59-22-16-19-56(47-59)28-25-53-31-39-63(40-32-53)77(66-45-37-62(70)38-46-66,64-41-33-54(34-42-64)26-29-57-20-17-23-60(48-57)51-72-75(12,13)68(4,5)6)65-43-35-55(36-44-65)27-30-58-21-18-24-61(49-58)52-73-76(14,15)69(7,8)9/h16-24,31-49H,50-52H2,1-15H3. The molecule has 396 valence electrons. The Balaban J connectivity index is 1.25. The van der Waals surface area contributed by atoms with E-state index in [2.05, 4.69) is 330 Å². The highest BCUT2D eigenvalue weighted by Gasteiger charge is 2.42. The molecule has 0 aromatic heterocycles. The summed E-state index contributed by atoms with van der Waals surface area (Å²) < 4.78 is 20.9. The molecular weight excluding hydrogens is 1120 g/mol. The molecule has 0 aliphatic carbocycles. The second kappa shape index (κ2) is 24.4. The topological polar surface area (TPSA) is 27.7 Å². The largest absolute Gasteiger partial charge is 0.413 e. The summed E-state index contributed by atoms with van der Waals surface area (Å²) in [5.74, 6) is 20.9. The van der Waals surface area contributed by atoms with Crippen LogP contribution in [-0.4, -0.2) is 33.0 Å². The van der Waals surface area contributed by atoms with E-state index in [4.69, 9.17) is 13.3 Å². The van der Waals surface area contributed by atoms with Crippen LogP contribution in [0.25, 0.3) is 0 Å². The third kappa shape index (κ3) is 15.1. The number of hydrogen-bond donors (Lipinski definition) is 0. The minimum atomic E-state index is -2.97. The Kier molecular flexibility index (Phi) is 18.8. The van der Waals surface area contributed by atoms with Crippen LogP contribution in [0.3, 0.4) is 0 Å². The third-order valence-corrected chi connectivity index (χ3v) is 35.2. The number of rotatable bonds is 13. The first-order valence-electron chi connectivity index (χ1n) is 27.0. The maximum atomic E-state index is 6.56. The molecule has 0 aliphatic heterocycles. The van der Waals surface area contributed by atoms with Gasteiger partial charge in [-0.05, 0) is 199 Å². The van der Waals surface area contributed by atoms with Gasteiger partial charge in [-0.1, -0.05) is 183 Å². The minimum absolute atomic E-state index is 0.149. The van der Waals surface area contributed by atoms with Crippen LogP contribution in [0.4, 0.5) is 0 Å². The molecule has 7 rings (SSSR count). The van der Waals surface area contributed by atoms with Crippen LogP contribution in [0.1, 0.15) is 112 Å². The van der Waals surface area contributed by atoms with Gasteiger partial charge in [0.15, 0.2) is 33.0 Å². The van der Waals surface area contributed by atoms with Crippen LogP contribution < -0.4 is 20.7 Å². The van der Waals surface area contributed by atoms with Crippen LogP contribution in [0, 0.1) is 39.1 Å². The lowest BCUT2D eigenvalue weighted by Gasteiger charge is -2.36. The van der Waals surface area contributed by atoms with Crippen molar-refractivity contribution in [1.29, 1.82) is 0 Å². The van der Waals surface area contributed by atoms with Crippen molar-refractivity contribution in [1.82, 2.24) is 0 Å². The van der Waals surface area contributed by atoms with Crippen LogP contribution in [0.5, 0.6) is 0 Å². The van der Waals surface area contributed by atoms with Gasteiger partial charge in [-0.15, -0.1) is 0 Å². The number of benzene rings is 7. The van der Waals surface area contributed by atoms with E-state index in [9.17, 15) is 0 Å². The first-order valence-corrected chi connectivity index (χ1v) is 38.8. The fraction of sp³-hybridized carbons (Fsp3) is 0.304. The molecule has 0 saturated heterocycles. The van der Waals surface area contributed by atoms with Gasteiger partial charge in [0.2, 0.25) is 0 Å². The summed E-state index contributed by atoms with van der Waals surface area (Å²) in [6, 6.07) is 61.5. The van der Waals surface area contributed by atoms with E-state index in [1.165, 1.54) is 24.3 Å². The van der Waals surface area contributed by atoms with Gasteiger partial charge in [0, 0.05) is 37.0 Å². The molecule has 0 spiro atoms. The van der Waals surface area contributed by atoms with Gasteiger partial charge in [-0.25, -0.2) is 0 Å². The molecule has 0 N–H and O–H groups in total. The predicted molar refractivity (Wildman–Crippen MR) is 346 cm³/mol. The summed E-state index contributed by atoms with van der Waals surface area (Å²) in [5.41, 5.74) is 9.26. The summed E-state index contributed by atoms with van der Waals surface area (Å²) in [4.78, 5) is 0. The van der Waals surface area contributed by atoms with Crippen molar-refractivity contribution in [3.63, 3.8) is 0 Å². The smallest absolute Gasteiger partial charge is 0.192 e. The summed E-state index contributed by atoms with van der Waals surface area (Å²) in [5, 5.41) is 5.53. The second-order valence-corrected chi connectivity index (χ2v) is 44.5. The minimum Gasteiger partial charge on any atom is -0.413 e. The number of hydrogen-bond acceptors (Lipinski definition) is 3. The molecule has 0 bridgehead atoms. The van der Waals surface area contributed by atoms with Gasteiger partial charge in [-0.3, -0.25) is 0 Å². The summed E-state index contributed by atoms with van der Waals surface area (Å²) in [6.07, 6.45) is 0. The zero-order valence-corrected chi connectivity index (χ0v) is 54.5. The molecule has 7 aromatic carbocycles. The Morgan fingerprint density at radius 2 is 0.558 bits per heavy atom. The Labute approximate surface area is 481 Å². The monoisotopic (exact) mass is 1190 g/mol. The third-order valence-electron chi connectivity index (χ3n) is 16.3. The van der Waals surface area contributed by atoms with E-state index >= 15 is 0 Å². The molecule has 8 heteroatoms. The zero-order valence-electron chi connectivity index (χ0n) is 48.4. The van der Waals surface area contributed by atoms with Crippen molar-refractivity contribution in [2.24, 2.45) is 0 Å². The molecule has 77 heavy (non-hydrogen) atoms. The Morgan fingerprint density at radius 3 is 0.805 bits per heavy atom. The molecule has 3 nitrogen and oxygen atoms in total. The average molecular weight is 1200 g/mol. The molecule has 0 amide bonds. The first kappa shape index (κ1) is 59.4. The van der Waals surface area contributed by atoms with E-state index in [0.717, 1.165) is 50.1 Å². The average Bonchev–Trinajstić information content (AvgIpc) is 3.40. The molecule has 0 fully saturated rings. The normalized spacial score (nSPS) is 12.4. The van der Waals surface area contributed by atoms with Crippen molar-refractivity contribution < 1.29 is 13.3 Å². The fourth-order valence-electron chi connectivity index (χ4n) is 8.20. The second-order valence-electron chi connectivity index (χ2n) is 25.0. The van der Waals surface area contributed by atoms with Gasteiger partial charge < -0.3 is 13.3 Å². The molecule has 0 unspecified atom stereocenters. The molecule has 7 aromatic rings. The van der Waals surface area contributed by atoms with E-state index < -0.39 is 33.0 Å². The maximum Gasteiger partial charge on any atom is 0.192 e. The van der Waals surface area contributed by atoms with Crippen molar-refractivity contribution >= 4 is 76.4 Å². The molecule has 0 radical (unpaired) electrons. The van der Waals surface area contributed by atoms with Gasteiger partial charge in [0.1, 0.15) is 0 Å². The zero-order chi connectivity index (χ0) is 55.9. The quantitative estimate of drug-likeness (QED) is 0.0498. The Bertz CT molecular complexity index is 3020. The lowest BCUT2D eigenvalue weighted by Crippen LogP contribution is -2.74. The SMILES string of the molecule is CC(C)(C)[Si](C)(C)OCc1cccc(C#Cc2ccc([Si](c3ccc(I)cc3)(c3ccc(C#Cc4cccc(CO[Si](C)(C)C(C)(C)C)c4)cc3)c3ccc(C#Cc4cccc(CO[Si](C)(C)C(C)(C)C)c4)cc3)cc2)c1. The Hall–Kier alpha value is -5.30. The van der Waals surface area contributed by atoms with Crippen molar-refractivity contribution in [2.45, 2.75) is 137 Å². The summed E-state index contributed by atoms with van der Waals surface area (Å²) in [6.45, 7) is 36.1. The predicted octanol–water partition coefficient (Wildman–Crippen LogP) is 15.4. The molecule has 0 saturated carbocycles. The van der Waals surface area contributed by atoms with E-state index in [1.807, 2.05) is 0 Å².